The van der Waals surface area contributed by atoms with Crippen molar-refractivity contribution in [2.24, 2.45) is 12.5 Å². The largest absolute Gasteiger partial charge is 0.337 e. The molecule has 0 N–H and O–H groups in total. The van der Waals surface area contributed by atoms with Gasteiger partial charge in [0.25, 0.3) is 21.5 Å². The molecule has 1 unspecified atom stereocenters. The van der Waals surface area contributed by atoms with E-state index >= 15 is 0 Å². The number of aromatic nitrogens is 2. The molecule has 1 aliphatic heterocycles. The lowest BCUT2D eigenvalue weighted by Crippen LogP contribution is -2.37. The Morgan fingerprint density at radius 1 is 1.00 bits per heavy atom. The quantitative estimate of drug-likeness (QED) is 0.296. The Hall–Kier alpha value is -3.82. The van der Waals surface area contributed by atoms with Crippen molar-refractivity contribution in [3.05, 3.63) is 111 Å². The van der Waals surface area contributed by atoms with Gasteiger partial charge >= 0.3 is 0 Å². The van der Waals surface area contributed by atoms with Gasteiger partial charge in [0.15, 0.2) is 0 Å². The lowest BCUT2D eigenvalue weighted by Gasteiger charge is -2.43. The third-order valence-electron chi connectivity index (χ3n) is 9.14. The van der Waals surface area contributed by atoms with Crippen LogP contribution < -0.4 is 9.86 Å². The molecule has 1 atom stereocenters. The van der Waals surface area contributed by atoms with Crippen molar-refractivity contribution >= 4 is 33.2 Å². The van der Waals surface area contributed by atoms with Crippen LogP contribution in [0.4, 0.5) is 5.69 Å². The van der Waals surface area contributed by atoms with Gasteiger partial charge in [0, 0.05) is 38.7 Å². The Labute approximate surface area is 250 Å². The topological polar surface area (TPSA) is 84.6 Å². The first-order valence-corrected chi connectivity index (χ1v) is 15.8. The molecule has 8 nitrogen and oxygen atoms in total. The zero-order valence-corrected chi connectivity index (χ0v) is 25.4. The molecule has 0 bridgehead atoms. The number of anilines is 1. The molecular weight excluding hydrogens is 572 g/mol. The smallest absolute Gasteiger partial charge is 0.296 e. The van der Waals surface area contributed by atoms with Crippen molar-refractivity contribution < 1.29 is 13.2 Å². The number of para-hydroxylation sites is 1. The number of nitrogens with zero attached hydrogens (tertiary/aromatic N) is 4. The van der Waals surface area contributed by atoms with E-state index in [1.165, 1.54) is 29.4 Å². The van der Waals surface area contributed by atoms with Crippen LogP contribution in [-0.4, -0.2) is 48.7 Å². The standard InChI is InChI=1S/C32H33ClN4O4S/c1-22-29(31(39)37(34(22)2)25-13-8-5-9-14-25)35(3)42(40,41)28-19-24(15-16-27(28)33)30(38)36-20-26(23-11-6-4-7-12-23)32(21-36)17-10-18-32/h4-9,11-16,19,26H,10,17-18,20-21H2,1-3H3. The van der Waals surface area contributed by atoms with E-state index in [0.717, 1.165) is 23.6 Å². The Morgan fingerprint density at radius 3 is 2.26 bits per heavy atom. The number of likely N-dealkylation sites (tertiary alicyclic amines) is 1. The third kappa shape index (κ3) is 4.46. The van der Waals surface area contributed by atoms with Crippen LogP contribution in [0.1, 0.15) is 46.8 Å². The lowest BCUT2D eigenvalue weighted by atomic mass is 9.61. The fourth-order valence-electron chi connectivity index (χ4n) is 6.61. The molecule has 42 heavy (non-hydrogen) atoms. The summed E-state index contributed by atoms with van der Waals surface area (Å²) in [5, 5.41) is -0.0191. The molecule has 1 saturated heterocycles. The Bertz CT molecular complexity index is 1830. The van der Waals surface area contributed by atoms with Crippen molar-refractivity contribution in [1.29, 1.82) is 0 Å². The minimum Gasteiger partial charge on any atom is -0.337 e. The summed E-state index contributed by atoms with van der Waals surface area (Å²) in [5.74, 6) is 0.0173. The van der Waals surface area contributed by atoms with Gasteiger partial charge in [0.2, 0.25) is 0 Å². The summed E-state index contributed by atoms with van der Waals surface area (Å²) >= 11 is 6.45. The number of hydrogen-bond acceptors (Lipinski definition) is 4. The van der Waals surface area contributed by atoms with Gasteiger partial charge in [-0.25, -0.2) is 13.1 Å². The fraction of sp³-hybridized carbons (Fsp3) is 0.312. The molecule has 1 aliphatic carbocycles. The monoisotopic (exact) mass is 604 g/mol. The molecule has 218 valence electrons. The second kappa shape index (κ2) is 10.5. The van der Waals surface area contributed by atoms with Crippen molar-refractivity contribution in [1.82, 2.24) is 14.3 Å². The highest BCUT2D eigenvalue weighted by Gasteiger charge is 2.52. The number of amides is 1. The number of benzene rings is 3. The number of carbonyl (C=O) groups excluding carboxylic acids is 1. The average Bonchev–Trinajstić information content (AvgIpc) is 3.49. The summed E-state index contributed by atoms with van der Waals surface area (Å²) in [7, 11) is -1.26. The van der Waals surface area contributed by atoms with Crippen LogP contribution in [0.2, 0.25) is 5.02 Å². The average molecular weight is 605 g/mol. The van der Waals surface area contributed by atoms with E-state index in [0.29, 0.717) is 24.5 Å². The number of rotatable bonds is 6. The van der Waals surface area contributed by atoms with E-state index in [4.69, 9.17) is 11.6 Å². The van der Waals surface area contributed by atoms with Gasteiger partial charge in [-0.2, -0.15) is 0 Å². The summed E-state index contributed by atoms with van der Waals surface area (Å²) in [4.78, 5) is 29.0. The van der Waals surface area contributed by atoms with Crippen molar-refractivity contribution in [2.45, 2.75) is 37.0 Å². The number of hydrogen-bond donors (Lipinski definition) is 0. The summed E-state index contributed by atoms with van der Waals surface area (Å²) in [5.41, 5.74) is 2.14. The zero-order chi connectivity index (χ0) is 29.8. The fourth-order valence-corrected chi connectivity index (χ4v) is 8.35. The SMILES string of the molecule is Cc1c(N(C)S(=O)(=O)c2cc(C(=O)N3CC(c4ccccc4)C4(CCC4)C3)ccc2Cl)c(=O)n(-c2ccccc2)n1C. The van der Waals surface area contributed by atoms with Crippen LogP contribution >= 0.6 is 11.6 Å². The Kier molecular flexibility index (Phi) is 7.06. The summed E-state index contributed by atoms with van der Waals surface area (Å²) in [6, 6.07) is 23.7. The van der Waals surface area contributed by atoms with Gasteiger partial charge in [0.05, 0.1) is 16.4 Å². The van der Waals surface area contributed by atoms with Crippen molar-refractivity contribution in [2.75, 3.05) is 24.4 Å². The molecular formula is C32H33ClN4O4S. The maximum atomic E-state index is 14.0. The van der Waals surface area contributed by atoms with E-state index in [9.17, 15) is 18.0 Å². The Balaban J connectivity index is 1.33. The van der Waals surface area contributed by atoms with Gasteiger partial charge in [0.1, 0.15) is 10.6 Å². The zero-order valence-electron chi connectivity index (χ0n) is 23.8. The van der Waals surface area contributed by atoms with Crippen LogP contribution in [-0.2, 0) is 17.1 Å². The molecule has 3 aromatic carbocycles. The highest BCUT2D eigenvalue weighted by molar-refractivity contribution is 7.93. The van der Waals surface area contributed by atoms with E-state index in [-0.39, 0.29) is 38.4 Å². The van der Waals surface area contributed by atoms with E-state index < -0.39 is 15.6 Å². The number of carbonyl (C=O) groups is 1. The molecule has 4 aromatic rings. The normalized spacial score (nSPS) is 17.8. The van der Waals surface area contributed by atoms with Gasteiger partial charge in [-0.15, -0.1) is 0 Å². The van der Waals surface area contributed by atoms with E-state index in [2.05, 4.69) is 12.1 Å². The van der Waals surface area contributed by atoms with Gasteiger partial charge in [-0.1, -0.05) is 66.6 Å². The van der Waals surface area contributed by atoms with E-state index in [1.807, 2.05) is 41.3 Å². The molecule has 0 radical (unpaired) electrons. The molecule has 1 spiro atoms. The molecule has 10 heteroatoms. The summed E-state index contributed by atoms with van der Waals surface area (Å²) < 4.78 is 31.9. The second-order valence-corrected chi connectivity index (χ2v) is 13.7. The van der Waals surface area contributed by atoms with E-state index in [1.54, 1.807) is 36.9 Å². The Morgan fingerprint density at radius 2 is 1.64 bits per heavy atom. The first kappa shape index (κ1) is 28.3. The number of sulfonamides is 1. The summed E-state index contributed by atoms with van der Waals surface area (Å²) in [6.45, 7) is 2.91. The molecule has 2 fully saturated rings. The maximum Gasteiger partial charge on any atom is 0.296 e. The van der Waals surface area contributed by atoms with Gasteiger partial charge in [-0.05, 0) is 61.1 Å². The summed E-state index contributed by atoms with van der Waals surface area (Å²) in [6.07, 6.45) is 3.28. The third-order valence-corrected chi connectivity index (χ3v) is 11.4. The van der Waals surface area contributed by atoms with Crippen LogP contribution in [0.5, 0.6) is 0 Å². The van der Waals surface area contributed by atoms with Crippen molar-refractivity contribution in [3.63, 3.8) is 0 Å². The molecule has 1 aromatic heterocycles. The lowest BCUT2D eigenvalue weighted by molar-refractivity contribution is 0.0725. The van der Waals surface area contributed by atoms with Crippen LogP contribution in [0.15, 0.2) is 88.6 Å². The molecule has 2 aliphatic rings. The molecule has 1 saturated carbocycles. The first-order valence-electron chi connectivity index (χ1n) is 14.0. The maximum absolute atomic E-state index is 14.0. The second-order valence-electron chi connectivity index (χ2n) is 11.4. The predicted molar refractivity (Wildman–Crippen MR) is 164 cm³/mol. The molecule has 6 rings (SSSR count). The van der Waals surface area contributed by atoms with Crippen LogP contribution in [0.25, 0.3) is 5.69 Å². The van der Waals surface area contributed by atoms with Crippen LogP contribution in [0, 0.1) is 12.3 Å². The van der Waals surface area contributed by atoms with Gasteiger partial charge in [-0.3, -0.25) is 18.6 Å². The minimum absolute atomic E-state index is 0.00585. The van der Waals surface area contributed by atoms with Gasteiger partial charge < -0.3 is 4.90 Å². The number of halogens is 1. The molecule has 2 heterocycles. The highest BCUT2D eigenvalue weighted by Crippen LogP contribution is 2.56. The predicted octanol–water partition coefficient (Wildman–Crippen LogP) is 5.37. The minimum atomic E-state index is -4.30. The van der Waals surface area contributed by atoms with Crippen LogP contribution in [0.3, 0.4) is 0 Å². The van der Waals surface area contributed by atoms with Crippen molar-refractivity contribution in [3.8, 4) is 5.69 Å². The molecule has 1 amide bonds. The highest BCUT2D eigenvalue weighted by atomic mass is 35.5. The first-order chi connectivity index (χ1) is 20.0.